The van der Waals surface area contributed by atoms with E-state index in [1.807, 2.05) is 0 Å². The first-order valence-corrected chi connectivity index (χ1v) is 16.3. The Bertz CT molecular complexity index is 1760. The van der Waals surface area contributed by atoms with Gasteiger partial charge in [-0.25, -0.2) is 4.79 Å². The molecular weight excluding hydrogens is 700 g/mol. The number of methoxy groups -OCH3 is 4. The zero-order chi connectivity index (χ0) is 39.2. The quantitative estimate of drug-likeness (QED) is 0.0655. The van der Waals surface area contributed by atoms with Gasteiger partial charge in [-0.1, -0.05) is 24.3 Å². The summed E-state index contributed by atoms with van der Waals surface area (Å²) >= 11 is 0. The number of likely N-dealkylation sites (tertiary alicyclic amines) is 1. The molecule has 2 aromatic rings. The lowest BCUT2D eigenvalue weighted by Crippen LogP contribution is -2.41. The number of rotatable bonds is 20. The molecule has 286 valence electrons. The lowest BCUT2D eigenvalue weighted by atomic mass is 10.1. The minimum absolute atomic E-state index is 0.0136. The van der Waals surface area contributed by atoms with Crippen molar-refractivity contribution in [1.29, 1.82) is 0 Å². The smallest absolute Gasteiger partial charge is 0.328 e. The van der Waals surface area contributed by atoms with Crippen LogP contribution in [0.3, 0.4) is 0 Å². The second kappa shape index (κ2) is 19.4. The van der Waals surface area contributed by atoms with Crippen LogP contribution in [0.5, 0.6) is 23.0 Å². The van der Waals surface area contributed by atoms with Crippen LogP contribution < -0.4 is 24.3 Å². The molecule has 3 rings (SSSR count). The molecule has 0 bridgehead atoms. The van der Waals surface area contributed by atoms with E-state index >= 15 is 0 Å². The molecule has 1 atom stereocenters. The number of nitro groups is 2. The van der Waals surface area contributed by atoms with Crippen LogP contribution in [-0.2, 0) is 19.1 Å². The fourth-order valence-electron chi connectivity index (χ4n) is 5.33. The molecule has 53 heavy (non-hydrogen) atoms. The highest BCUT2D eigenvalue weighted by molar-refractivity contribution is 6.01. The van der Waals surface area contributed by atoms with Crippen molar-refractivity contribution in [2.75, 3.05) is 54.7 Å². The van der Waals surface area contributed by atoms with Crippen molar-refractivity contribution < 1.29 is 57.4 Å². The molecule has 0 saturated carbocycles. The average molecular weight is 743 g/mol. The van der Waals surface area contributed by atoms with Gasteiger partial charge in [-0.2, -0.15) is 0 Å². The maximum atomic E-state index is 13.4. The number of esters is 2. The number of ether oxygens (including phenoxy) is 6. The summed E-state index contributed by atoms with van der Waals surface area (Å²) in [6.45, 7) is 7.88. The molecule has 0 aliphatic carbocycles. The second-order valence-electron chi connectivity index (χ2n) is 11.7. The van der Waals surface area contributed by atoms with E-state index in [1.54, 1.807) is 0 Å². The third-order valence-electron chi connectivity index (χ3n) is 8.13. The fourth-order valence-corrected chi connectivity index (χ4v) is 5.33. The third-order valence-corrected chi connectivity index (χ3v) is 8.13. The number of hydrogen-bond acceptors (Lipinski definition) is 14. The Morgan fingerprint density at radius 1 is 0.811 bits per heavy atom. The van der Waals surface area contributed by atoms with Gasteiger partial charge in [0.2, 0.25) is 0 Å². The van der Waals surface area contributed by atoms with E-state index < -0.39 is 51.0 Å². The molecule has 2 aromatic carbocycles. The van der Waals surface area contributed by atoms with Gasteiger partial charge in [0, 0.05) is 38.1 Å². The Labute approximate surface area is 304 Å². The van der Waals surface area contributed by atoms with Gasteiger partial charge in [-0.3, -0.25) is 34.6 Å². The molecule has 1 N–H and O–H groups in total. The van der Waals surface area contributed by atoms with Crippen molar-refractivity contribution in [3.8, 4) is 23.0 Å². The van der Waals surface area contributed by atoms with Crippen molar-refractivity contribution in [1.82, 2.24) is 10.2 Å². The van der Waals surface area contributed by atoms with E-state index in [1.165, 1.54) is 45.5 Å². The van der Waals surface area contributed by atoms with Crippen LogP contribution in [0.15, 0.2) is 48.6 Å². The molecule has 0 spiro atoms. The number of unbranched alkanes of at least 4 members (excludes halogenated alkanes) is 2. The van der Waals surface area contributed by atoms with Crippen molar-refractivity contribution in [3.05, 3.63) is 79.9 Å². The van der Waals surface area contributed by atoms with E-state index in [2.05, 4.69) is 23.2 Å². The number of benzene rings is 2. The molecule has 1 saturated heterocycles. The lowest BCUT2D eigenvalue weighted by molar-refractivity contribution is -0.385. The first kappa shape index (κ1) is 41.2. The van der Waals surface area contributed by atoms with Gasteiger partial charge in [0.05, 0.1) is 63.6 Å². The molecule has 0 radical (unpaired) electrons. The topological polar surface area (TPSA) is 225 Å². The van der Waals surface area contributed by atoms with Crippen LogP contribution in [0.4, 0.5) is 11.4 Å². The largest absolute Gasteiger partial charge is 0.493 e. The minimum atomic E-state index is -0.962. The maximum Gasteiger partial charge on any atom is 0.328 e. The Morgan fingerprint density at radius 2 is 1.36 bits per heavy atom. The van der Waals surface area contributed by atoms with Gasteiger partial charge in [-0.05, 0) is 25.7 Å². The van der Waals surface area contributed by atoms with Crippen LogP contribution in [0.25, 0.3) is 0 Å². The summed E-state index contributed by atoms with van der Waals surface area (Å²) in [7, 11) is 5.08. The predicted octanol–water partition coefficient (Wildman–Crippen LogP) is 4.33. The maximum absolute atomic E-state index is 13.4. The van der Waals surface area contributed by atoms with Gasteiger partial charge in [0.25, 0.3) is 23.2 Å². The summed E-state index contributed by atoms with van der Waals surface area (Å²) in [6.07, 6.45) is 2.02. The van der Waals surface area contributed by atoms with Crippen molar-refractivity contribution in [2.24, 2.45) is 0 Å². The molecule has 2 amide bonds. The Hall–Kier alpha value is -6.20. The zero-order valence-electron chi connectivity index (χ0n) is 29.9. The summed E-state index contributed by atoms with van der Waals surface area (Å²) in [5.41, 5.74) is -0.457. The molecule has 1 aliphatic heterocycles. The number of carbonyl (C=O) groups is 4. The number of amides is 2. The molecular formula is C35H42N4O14. The first-order chi connectivity index (χ1) is 25.3. The summed E-state index contributed by atoms with van der Waals surface area (Å²) in [5.74, 6) is -2.34. The van der Waals surface area contributed by atoms with E-state index in [-0.39, 0.29) is 79.7 Å². The molecule has 0 aromatic heterocycles. The number of nitrogens with one attached hydrogen (secondary N) is 1. The number of carbonyl (C=O) groups excluding carboxylic acids is 4. The molecule has 18 nitrogen and oxygen atoms in total. The van der Waals surface area contributed by atoms with Crippen LogP contribution in [0, 0.1) is 20.2 Å². The van der Waals surface area contributed by atoms with Crippen LogP contribution in [-0.4, -0.2) is 99.3 Å². The normalized spacial score (nSPS) is 13.5. The predicted molar refractivity (Wildman–Crippen MR) is 187 cm³/mol. The van der Waals surface area contributed by atoms with Crippen molar-refractivity contribution in [3.63, 3.8) is 0 Å². The first-order valence-electron chi connectivity index (χ1n) is 16.3. The molecule has 1 aliphatic rings. The minimum Gasteiger partial charge on any atom is -0.493 e. The summed E-state index contributed by atoms with van der Waals surface area (Å²) in [4.78, 5) is 73.4. The van der Waals surface area contributed by atoms with Crippen LogP contribution in [0.1, 0.15) is 59.2 Å². The summed E-state index contributed by atoms with van der Waals surface area (Å²) in [6, 6.07) is 3.64. The van der Waals surface area contributed by atoms with E-state index in [9.17, 15) is 39.4 Å². The number of nitrogens with zero attached hydrogens (tertiary/aromatic N) is 3. The van der Waals surface area contributed by atoms with Gasteiger partial charge < -0.3 is 38.6 Å². The highest BCUT2D eigenvalue weighted by atomic mass is 16.6. The zero-order valence-corrected chi connectivity index (χ0v) is 29.9. The highest BCUT2D eigenvalue weighted by Crippen LogP contribution is 2.38. The summed E-state index contributed by atoms with van der Waals surface area (Å²) in [5, 5.41) is 26.4. The third kappa shape index (κ3) is 10.9. The van der Waals surface area contributed by atoms with Crippen LogP contribution in [0.2, 0.25) is 0 Å². The number of nitro benzene ring substituents is 2. The Morgan fingerprint density at radius 3 is 1.87 bits per heavy atom. The molecule has 1 fully saturated rings. The van der Waals surface area contributed by atoms with Gasteiger partial charge in [-0.15, -0.1) is 0 Å². The number of hydrogen-bond donors (Lipinski definition) is 1. The fraction of sp³-hybridized carbons (Fsp3) is 0.429. The Kier molecular flexibility index (Phi) is 15.1. The highest BCUT2D eigenvalue weighted by Gasteiger charge is 2.39. The molecule has 1 heterocycles. The second-order valence-corrected chi connectivity index (χ2v) is 11.7. The lowest BCUT2D eigenvalue weighted by Gasteiger charge is -2.22. The van der Waals surface area contributed by atoms with Crippen molar-refractivity contribution >= 4 is 35.1 Å². The van der Waals surface area contributed by atoms with Crippen molar-refractivity contribution in [2.45, 2.75) is 44.6 Å². The van der Waals surface area contributed by atoms with E-state index in [4.69, 9.17) is 23.7 Å². The molecule has 18 heteroatoms. The monoisotopic (exact) mass is 742 g/mol. The van der Waals surface area contributed by atoms with E-state index in [0.717, 1.165) is 12.1 Å². The van der Waals surface area contributed by atoms with E-state index in [0.29, 0.717) is 30.4 Å². The average Bonchev–Trinajstić information content (AvgIpc) is 3.55. The van der Waals surface area contributed by atoms with Crippen LogP contribution >= 0.6 is 0 Å². The molecule has 0 unspecified atom stereocenters. The van der Waals surface area contributed by atoms with Gasteiger partial charge >= 0.3 is 11.9 Å². The standard InChI is InChI=1S/C35H42N4O14/c1-21(10-11-32(40)50-5)19-36-33(41)23-15-28(48-3)30(17-25(23)38(44)45)52-12-8-7-9-13-53-31-18-26(39(46)47)24(16-29(31)49-4)34(42)37-20-22(2)14-27(37)35(43)51-6/h15-18,27H,1-2,7-14,19-20H2,3-6H3,(H,36,41)/t27-/m0/s1. The van der Waals surface area contributed by atoms with Gasteiger partial charge in [0.15, 0.2) is 23.0 Å². The summed E-state index contributed by atoms with van der Waals surface area (Å²) < 4.78 is 31.6. The van der Waals surface area contributed by atoms with Gasteiger partial charge in [0.1, 0.15) is 17.2 Å². The SMILES string of the molecule is C=C(CCC(=O)OC)CNC(=O)c1cc(OC)c(OCCCCCOc2cc([N+](=O)[O-])c(C(=O)N3CC(=C)C[C@H]3C(=O)OC)cc2OC)cc1[N+](=O)[O-]. The Balaban J connectivity index is 1.59.